The summed E-state index contributed by atoms with van der Waals surface area (Å²) in [5.74, 6) is -0.203. The standard InChI is InChI=1S/C15H24BrFN2/c1-11(2)19(12(3)4)8-7-18-10-13-5-6-14(16)15(17)9-13/h5-6,9,11-12,18H,7-8,10H2,1-4H3. The second kappa shape index (κ2) is 7.98. The van der Waals surface area contributed by atoms with Gasteiger partial charge in [-0.05, 0) is 61.3 Å². The Labute approximate surface area is 124 Å². The van der Waals surface area contributed by atoms with Crippen LogP contribution in [0.25, 0.3) is 0 Å². The van der Waals surface area contributed by atoms with Gasteiger partial charge >= 0.3 is 0 Å². The molecule has 0 spiro atoms. The number of nitrogens with one attached hydrogen (secondary N) is 1. The van der Waals surface area contributed by atoms with E-state index < -0.39 is 0 Å². The second-order valence-corrected chi connectivity index (χ2v) is 6.20. The van der Waals surface area contributed by atoms with Gasteiger partial charge in [0.1, 0.15) is 5.82 Å². The SMILES string of the molecule is CC(C)N(CCNCc1ccc(Br)c(F)c1)C(C)C. The van der Waals surface area contributed by atoms with Crippen LogP contribution in [0.1, 0.15) is 33.3 Å². The highest BCUT2D eigenvalue weighted by molar-refractivity contribution is 9.10. The summed E-state index contributed by atoms with van der Waals surface area (Å²) < 4.78 is 13.9. The van der Waals surface area contributed by atoms with Gasteiger partial charge in [0.25, 0.3) is 0 Å². The fraction of sp³-hybridized carbons (Fsp3) is 0.600. The van der Waals surface area contributed by atoms with E-state index in [-0.39, 0.29) is 5.82 Å². The molecule has 1 N–H and O–H groups in total. The first kappa shape index (κ1) is 16.6. The molecular weight excluding hydrogens is 307 g/mol. The van der Waals surface area contributed by atoms with Crippen molar-refractivity contribution in [2.75, 3.05) is 13.1 Å². The average Bonchev–Trinajstić information content (AvgIpc) is 2.32. The lowest BCUT2D eigenvalue weighted by Crippen LogP contribution is -2.41. The van der Waals surface area contributed by atoms with Crippen LogP contribution in [-0.4, -0.2) is 30.1 Å². The Balaban J connectivity index is 2.36. The van der Waals surface area contributed by atoms with Crippen molar-refractivity contribution < 1.29 is 4.39 Å². The largest absolute Gasteiger partial charge is 0.311 e. The predicted octanol–water partition coefficient (Wildman–Crippen LogP) is 3.80. The molecule has 0 aliphatic rings. The molecular formula is C15H24BrFN2. The molecule has 0 unspecified atom stereocenters. The quantitative estimate of drug-likeness (QED) is 0.765. The average molecular weight is 331 g/mol. The highest BCUT2D eigenvalue weighted by atomic mass is 79.9. The third-order valence-corrected chi connectivity index (χ3v) is 3.83. The maximum absolute atomic E-state index is 13.3. The Hall–Kier alpha value is -0.450. The van der Waals surface area contributed by atoms with Gasteiger partial charge in [-0.15, -0.1) is 0 Å². The van der Waals surface area contributed by atoms with E-state index in [0.717, 1.165) is 18.7 Å². The Morgan fingerprint density at radius 3 is 2.37 bits per heavy atom. The van der Waals surface area contributed by atoms with Gasteiger partial charge in [0.05, 0.1) is 4.47 Å². The zero-order valence-corrected chi connectivity index (χ0v) is 13.8. The minimum Gasteiger partial charge on any atom is -0.311 e. The molecule has 0 atom stereocenters. The lowest BCUT2D eigenvalue weighted by atomic mass is 10.2. The lowest BCUT2D eigenvalue weighted by Gasteiger charge is -2.30. The van der Waals surface area contributed by atoms with Gasteiger partial charge in [-0.25, -0.2) is 4.39 Å². The van der Waals surface area contributed by atoms with Crippen molar-refractivity contribution in [3.8, 4) is 0 Å². The van der Waals surface area contributed by atoms with Crippen LogP contribution in [0, 0.1) is 5.82 Å². The molecule has 0 saturated heterocycles. The molecule has 0 aliphatic carbocycles. The summed E-state index contributed by atoms with van der Waals surface area (Å²) in [6.45, 7) is 11.5. The number of halogens is 2. The monoisotopic (exact) mass is 330 g/mol. The first-order valence-electron chi connectivity index (χ1n) is 6.82. The van der Waals surface area contributed by atoms with Gasteiger partial charge in [0.15, 0.2) is 0 Å². The molecule has 0 fully saturated rings. The van der Waals surface area contributed by atoms with Gasteiger partial charge in [-0.2, -0.15) is 0 Å². The molecule has 1 aromatic carbocycles. The van der Waals surface area contributed by atoms with E-state index in [2.05, 4.69) is 53.8 Å². The molecule has 0 radical (unpaired) electrons. The fourth-order valence-corrected chi connectivity index (χ4v) is 2.45. The topological polar surface area (TPSA) is 15.3 Å². The van der Waals surface area contributed by atoms with Crippen molar-refractivity contribution in [3.63, 3.8) is 0 Å². The van der Waals surface area contributed by atoms with Gasteiger partial charge in [0, 0.05) is 31.7 Å². The van der Waals surface area contributed by atoms with Crippen LogP contribution in [0.3, 0.4) is 0 Å². The fourth-order valence-electron chi connectivity index (χ4n) is 2.20. The third-order valence-electron chi connectivity index (χ3n) is 3.19. The van der Waals surface area contributed by atoms with E-state index in [9.17, 15) is 4.39 Å². The first-order valence-corrected chi connectivity index (χ1v) is 7.61. The van der Waals surface area contributed by atoms with E-state index in [1.807, 2.05) is 6.07 Å². The van der Waals surface area contributed by atoms with Gasteiger partial charge in [-0.1, -0.05) is 6.07 Å². The summed E-state index contributed by atoms with van der Waals surface area (Å²) in [4.78, 5) is 2.44. The molecule has 1 rings (SSSR count). The van der Waals surface area contributed by atoms with E-state index in [1.165, 1.54) is 0 Å². The van der Waals surface area contributed by atoms with Gasteiger partial charge in [-0.3, -0.25) is 4.90 Å². The maximum Gasteiger partial charge on any atom is 0.137 e. The molecule has 4 heteroatoms. The molecule has 0 bridgehead atoms. The maximum atomic E-state index is 13.3. The summed E-state index contributed by atoms with van der Waals surface area (Å²) in [5.41, 5.74) is 0.973. The lowest BCUT2D eigenvalue weighted by molar-refractivity contribution is 0.176. The minimum atomic E-state index is -0.203. The van der Waals surface area contributed by atoms with Crippen molar-refractivity contribution in [3.05, 3.63) is 34.1 Å². The van der Waals surface area contributed by atoms with Crippen LogP contribution in [0.15, 0.2) is 22.7 Å². The number of hydrogen-bond donors (Lipinski definition) is 1. The van der Waals surface area contributed by atoms with E-state index in [1.54, 1.807) is 12.1 Å². The molecule has 1 aromatic rings. The molecule has 0 aliphatic heterocycles. The zero-order chi connectivity index (χ0) is 14.4. The highest BCUT2D eigenvalue weighted by Gasteiger charge is 2.12. The van der Waals surface area contributed by atoms with Gasteiger partial charge < -0.3 is 5.32 Å². The van der Waals surface area contributed by atoms with Crippen LogP contribution >= 0.6 is 15.9 Å². The van der Waals surface area contributed by atoms with Crippen molar-refractivity contribution in [2.24, 2.45) is 0 Å². The van der Waals surface area contributed by atoms with E-state index >= 15 is 0 Å². The van der Waals surface area contributed by atoms with E-state index in [0.29, 0.717) is 23.1 Å². The molecule has 0 saturated carbocycles. The summed E-state index contributed by atoms with van der Waals surface area (Å²) in [6.07, 6.45) is 0. The number of rotatable bonds is 7. The normalized spacial score (nSPS) is 11.8. The number of hydrogen-bond acceptors (Lipinski definition) is 2. The Kier molecular flexibility index (Phi) is 6.97. The zero-order valence-electron chi connectivity index (χ0n) is 12.2. The molecule has 2 nitrogen and oxygen atoms in total. The second-order valence-electron chi connectivity index (χ2n) is 5.35. The molecule has 0 aromatic heterocycles. The summed E-state index contributed by atoms with van der Waals surface area (Å²) >= 11 is 3.16. The molecule has 0 amide bonds. The van der Waals surface area contributed by atoms with Crippen LogP contribution in [0.4, 0.5) is 4.39 Å². The van der Waals surface area contributed by atoms with E-state index in [4.69, 9.17) is 0 Å². The van der Waals surface area contributed by atoms with Crippen LogP contribution in [0.2, 0.25) is 0 Å². The Morgan fingerprint density at radius 1 is 1.21 bits per heavy atom. The predicted molar refractivity (Wildman–Crippen MR) is 82.8 cm³/mol. The Bertz CT molecular complexity index is 386. The number of benzene rings is 1. The molecule has 0 heterocycles. The molecule has 19 heavy (non-hydrogen) atoms. The summed E-state index contributed by atoms with van der Waals surface area (Å²) in [6, 6.07) is 6.35. The summed E-state index contributed by atoms with van der Waals surface area (Å²) in [5, 5.41) is 3.36. The van der Waals surface area contributed by atoms with Crippen LogP contribution < -0.4 is 5.32 Å². The van der Waals surface area contributed by atoms with Crippen molar-refractivity contribution in [1.82, 2.24) is 10.2 Å². The highest BCUT2D eigenvalue weighted by Crippen LogP contribution is 2.16. The molecule has 108 valence electrons. The van der Waals surface area contributed by atoms with Crippen LogP contribution in [-0.2, 0) is 6.54 Å². The number of nitrogens with zero attached hydrogens (tertiary/aromatic N) is 1. The minimum absolute atomic E-state index is 0.203. The van der Waals surface area contributed by atoms with Crippen molar-refractivity contribution in [1.29, 1.82) is 0 Å². The first-order chi connectivity index (χ1) is 8.91. The Morgan fingerprint density at radius 2 is 1.84 bits per heavy atom. The summed E-state index contributed by atoms with van der Waals surface area (Å²) in [7, 11) is 0. The van der Waals surface area contributed by atoms with Crippen molar-refractivity contribution >= 4 is 15.9 Å². The van der Waals surface area contributed by atoms with Crippen LogP contribution in [0.5, 0.6) is 0 Å². The smallest absolute Gasteiger partial charge is 0.137 e. The van der Waals surface area contributed by atoms with Gasteiger partial charge in [0.2, 0.25) is 0 Å². The third kappa shape index (κ3) is 5.59. The van der Waals surface area contributed by atoms with Crippen molar-refractivity contribution in [2.45, 2.75) is 46.3 Å².